The van der Waals surface area contributed by atoms with E-state index in [1.165, 1.54) is 0 Å². The Balaban J connectivity index is 2.59. The molecule has 0 aromatic heterocycles. The monoisotopic (exact) mass is 200 g/mol. The van der Waals surface area contributed by atoms with Gasteiger partial charge in [-0.3, -0.25) is 4.90 Å². The van der Waals surface area contributed by atoms with Gasteiger partial charge in [-0.15, -0.1) is 0 Å². The quantitative estimate of drug-likeness (QED) is 0.693. The minimum absolute atomic E-state index is 0.00139. The molecule has 0 radical (unpaired) electrons. The van der Waals surface area contributed by atoms with Crippen molar-refractivity contribution >= 4 is 0 Å². The summed E-state index contributed by atoms with van der Waals surface area (Å²) >= 11 is 0. The number of nitrogens with two attached hydrogens (primary N) is 1. The number of aliphatic hydroxyl groups is 1. The number of hydrogen-bond donors (Lipinski definition) is 2. The van der Waals surface area contributed by atoms with Crippen LogP contribution < -0.4 is 5.73 Å². The Bertz CT molecular complexity index is 192. The van der Waals surface area contributed by atoms with Crippen molar-refractivity contribution in [3.8, 4) is 0 Å². The molecule has 0 bridgehead atoms. The van der Waals surface area contributed by atoms with Crippen molar-refractivity contribution in [1.29, 1.82) is 0 Å². The summed E-state index contributed by atoms with van der Waals surface area (Å²) in [7, 11) is 0. The minimum atomic E-state index is -0.168. The molecule has 1 fully saturated rings. The third-order valence-electron chi connectivity index (χ3n) is 3.54. The van der Waals surface area contributed by atoms with Gasteiger partial charge in [0.1, 0.15) is 0 Å². The van der Waals surface area contributed by atoms with Gasteiger partial charge < -0.3 is 10.8 Å². The number of likely N-dealkylation sites (tertiary alicyclic amines) is 1. The van der Waals surface area contributed by atoms with Gasteiger partial charge in [-0.25, -0.2) is 0 Å². The summed E-state index contributed by atoms with van der Waals surface area (Å²) in [6, 6.07) is 0.600. The Kier molecular flexibility index (Phi) is 3.56. The molecule has 3 unspecified atom stereocenters. The lowest BCUT2D eigenvalue weighted by atomic mass is 9.80. The van der Waals surface area contributed by atoms with Crippen LogP contribution in [0, 0.1) is 5.41 Å². The molecule has 0 aromatic carbocycles. The van der Waals surface area contributed by atoms with Crippen molar-refractivity contribution in [2.24, 2.45) is 11.1 Å². The smallest absolute Gasteiger partial charge is 0.0615 e. The van der Waals surface area contributed by atoms with Gasteiger partial charge in [-0.2, -0.15) is 0 Å². The number of aliphatic hydroxyl groups excluding tert-OH is 1. The summed E-state index contributed by atoms with van der Waals surface area (Å²) in [4.78, 5) is 2.39. The maximum absolute atomic E-state index is 9.82. The largest absolute Gasteiger partial charge is 0.392 e. The Labute approximate surface area is 87.3 Å². The highest BCUT2D eigenvalue weighted by Gasteiger charge is 2.36. The van der Waals surface area contributed by atoms with E-state index in [4.69, 9.17) is 5.73 Å². The van der Waals surface area contributed by atoms with Crippen LogP contribution in [0.3, 0.4) is 0 Å². The van der Waals surface area contributed by atoms with Crippen LogP contribution >= 0.6 is 0 Å². The standard InChI is InChI=1S/C11H24N2O/c1-8(12)9(2)13-6-5-10(14)11(3,4)7-13/h8-10,14H,5-7,12H2,1-4H3. The number of rotatable bonds is 2. The van der Waals surface area contributed by atoms with Crippen LogP contribution in [-0.2, 0) is 0 Å². The van der Waals surface area contributed by atoms with Crippen molar-refractivity contribution in [1.82, 2.24) is 4.90 Å². The third-order valence-corrected chi connectivity index (χ3v) is 3.54. The molecular weight excluding hydrogens is 176 g/mol. The highest BCUT2D eigenvalue weighted by Crippen LogP contribution is 2.30. The van der Waals surface area contributed by atoms with Crippen LogP contribution in [0.1, 0.15) is 34.1 Å². The summed E-state index contributed by atoms with van der Waals surface area (Å²) in [5.74, 6) is 0. The van der Waals surface area contributed by atoms with E-state index >= 15 is 0 Å². The van der Waals surface area contributed by atoms with Crippen LogP contribution in [-0.4, -0.2) is 41.3 Å². The summed E-state index contributed by atoms with van der Waals surface area (Å²) in [5, 5.41) is 9.82. The molecule has 0 spiro atoms. The van der Waals surface area contributed by atoms with E-state index in [1.54, 1.807) is 0 Å². The average molecular weight is 200 g/mol. The second kappa shape index (κ2) is 4.17. The molecule has 1 saturated heterocycles. The minimum Gasteiger partial charge on any atom is -0.392 e. The average Bonchev–Trinajstić information content (AvgIpc) is 2.08. The summed E-state index contributed by atoms with van der Waals surface area (Å²) < 4.78 is 0. The fourth-order valence-corrected chi connectivity index (χ4v) is 2.07. The first-order chi connectivity index (χ1) is 6.34. The first kappa shape index (κ1) is 12.0. The molecule has 1 aliphatic rings. The fraction of sp³-hybridized carbons (Fsp3) is 1.00. The van der Waals surface area contributed by atoms with Crippen LogP contribution in [0.25, 0.3) is 0 Å². The van der Waals surface area contributed by atoms with E-state index in [-0.39, 0.29) is 17.6 Å². The van der Waals surface area contributed by atoms with Gasteiger partial charge >= 0.3 is 0 Å². The zero-order chi connectivity index (χ0) is 10.9. The Hall–Kier alpha value is -0.120. The van der Waals surface area contributed by atoms with Crippen molar-refractivity contribution in [2.75, 3.05) is 13.1 Å². The molecule has 1 rings (SSSR count). The van der Waals surface area contributed by atoms with Crippen molar-refractivity contribution < 1.29 is 5.11 Å². The number of hydrogen-bond acceptors (Lipinski definition) is 3. The Morgan fingerprint density at radius 2 is 2.00 bits per heavy atom. The van der Waals surface area contributed by atoms with Crippen molar-refractivity contribution in [3.63, 3.8) is 0 Å². The SMILES string of the molecule is CC(N)C(C)N1CCC(O)C(C)(C)C1. The van der Waals surface area contributed by atoms with Crippen LogP contribution in [0.5, 0.6) is 0 Å². The molecule has 1 aliphatic heterocycles. The summed E-state index contributed by atoms with van der Waals surface area (Å²) in [5.41, 5.74) is 5.89. The van der Waals surface area contributed by atoms with E-state index in [9.17, 15) is 5.11 Å². The number of nitrogens with zero attached hydrogens (tertiary/aromatic N) is 1. The van der Waals surface area contributed by atoms with Gasteiger partial charge in [0.2, 0.25) is 0 Å². The first-order valence-corrected chi connectivity index (χ1v) is 5.52. The Morgan fingerprint density at radius 1 is 1.43 bits per heavy atom. The molecule has 1 heterocycles. The first-order valence-electron chi connectivity index (χ1n) is 5.52. The molecule has 3 N–H and O–H groups in total. The molecule has 0 amide bonds. The van der Waals surface area contributed by atoms with E-state index in [1.807, 2.05) is 6.92 Å². The lowest BCUT2D eigenvalue weighted by molar-refractivity contribution is -0.0381. The second-order valence-corrected chi connectivity index (χ2v) is 5.36. The van der Waals surface area contributed by atoms with Gasteiger partial charge in [0.25, 0.3) is 0 Å². The van der Waals surface area contributed by atoms with Crippen LogP contribution in [0.15, 0.2) is 0 Å². The predicted octanol–water partition coefficient (Wildman–Crippen LogP) is 0.815. The zero-order valence-corrected chi connectivity index (χ0v) is 9.83. The van der Waals surface area contributed by atoms with E-state index in [2.05, 4.69) is 25.7 Å². The van der Waals surface area contributed by atoms with E-state index in [0.717, 1.165) is 19.5 Å². The summed E-state index contributed by atoms with van der Waals surface area (Å²) in [6.07, 6.45) is 0.698. The normalized spacial score (nSPS) is 32.6. The second-order valence-electron chi connectivity index (χ2n) is 5.36. The predicted molar refractivity (Wildman–Crippen MR) is 59.1 cm³/mol. The highest BCUT2D eigenvalue weighted by atomic mass is 16.3. The molecule has 0 saturated carbocycles. The van der Waals surface area contributed by atoms with Crippen molar-refractivity contribution in [3.05, 3.63) is 0 Å². The zero-order valence-electron chi connectivity index (χ0n) is 9.83. The molecule has 84 valence electrons. The Morgan fingerprint density at radius 3 is 2.43 bits per heavy atom. The lowest BCUT2D eigenvalue weighted by Crippen LogP contribution is -2.55. The lowest BCUT2D eigenvalue weighted by Gasteiger charge is -2.45. The third kappa shape index (κ3) is 2.47. The molecule has 0 aromatic rings. The fourth-order valence-electron chi connectivity index (χ4n) is 2.07. The van der Waals surface area contributed by atoms with E-state index < -0.39 is 0 Å². The topological polar surface area (TPSA) is 49.5 Å². The molecule has 3 atom stereocenters. The van der Waals surface area contributed by atoms with Gasteiger partial charge in [-0.1, -0.05) is 13.8 Å². The van der Waals surface area contributed by atoms with Crippen molar-refractivity contribution in [2.45, 2.75) is 52.3 Å². The van der Waals surface area contributed by atoms with Gasteiger partial charge in [0.15, 0.2) is 0 Å². The van der Waals surface area contributed by atoms with Crippen LogP contribution in [0.2, 0.25) is 0 Å². The van der Waals surface area contributed by atoms with E-state index in [0.29, 0.717) is 6.04 Å². The molecule has 3 heteroatoms. The van der Waals surface area contributed by atoms with Gasteiger partial charge in [0, 0.05) is 30.6 Å². The van der Waals surface area contributed by atoms with Gasteiger partial charge in [0.05, 0.1) is 6.10 Å². The molecular formula is C11H24N2O. The molecule has 3 nitrogen and oxygen atoms in total. The highest BCUT2D eigenvalue weighted by molar-refractivity contribution is 4.90. The number of piperidine rings is 1. The van der Waals surface area contributed by atoms with Gasteiger partial charge in [-0.05, 0) is 20.3 Å². The van der Waals surface area contributed by atoms with Crippen LogP contribution in [0.4, 0.5) is 0 Å². The molecule has 0 aliphatic carbocycles. The molecule has 14 heavy (non-hydrogen) atoms. The maximum Gasteiger partial charge on any atom is 0.0615 e. The summed E-state index contributed by atoms with van der Waals surface area (Å²) in [6.45, 7) is 10.4. The maximum atomic E-state index is 9.82.